The van der Waals surface area contributed by atoms with Crippen LogP contribution in [0.25, 0.3) is 0 Å². The van der Waals surface area contributed by atoms with Crippen molar-refractivity contribution in [2.75, 3.05) is 17.8 Å². The summed E-state index contributed by atoms with van der Waals surface area (Å²) in [5.74, 6) is -0.451. The van der Waals surface area contributed by atoms with Gasteiger partial charge in [-0.3, -0.25) is 4.79 Å². The summed E-state index contributed by atoms with van der Waals surface area (Å²) in [5.41, 5.74) is 0.738. The second-order valence-corrected chi connectivity index (χ2v) is 7.90. The van der Waals surface area contributed by atoms with Gasteiger partial charge in [-0.05, 0) is 48.7 Å². The number of anilines is 1. The minimum atomic E-state index is -3.40. The number of sulfone groups is 1. The average Bonchev–Trinajstić information content (AvgIpc) is 2.47. The predicted octanol–water partition coefficient (Wildman–Crippen LogP) is 3.72. The lowest BCUT2D eigenvalue weighted by Crippen LogP contribution is -2.13. The first-order chi connectivity index (χ1) is 10.3. The monoisotopic (exact) mass is 355 g/mol. The van der Waals surface area contributed by atoms with Gasteiger partial charge < -0.3 is 5.32 Å². The van der Waals surface area contributed by atoms with Gasteiger partial charge in [0.05, 0.1) is 15.5 Å². The van der Waals surface area contributed by atoms with E-state index >= 15 is 0 Å². The van der Waals surface area contributed by atoms with Gasteiger partial charge in [-0.25, -0.2) is 8.42 Å². The van der Waals surface area contributed by atoms with Gasteiger partial charge >= 0.3 is 0 Å². The zero-order valence-corrected chi connectivity index (χ0v) is 14.3. The Hall–Kier alpha value is -1.50. The summed E-state index contributed by atoms with van der Waals surface area (Å²) in [6.07, 6.45) is 3.04. The van der Waals surface area contributed by atoms with Crippen molar-refractivity contribution in [1.29, 1.82) is 0 Å². The van der Waals surface area contributed by atoms with E-state index in [0.717, 1.165) is 11.2 Å². The molecule has 1 N–H and O–H groups in total. The van der Waals surface area contributed by atoms with Crippen LogP contribution in [-0.4, -0.2) is 26.8 Å². The maximum absolute atomic E-state index is 12.3. The highest BCUT2D eigenvalue weighted by Crippen LogP contribution is 2.23. The third-order valence-corrected chi connectivity index (χ3v) is 5.14. The molecule has 0 atom stereocenters. The van der Waals surface area contributed by atoms with Crippen LogP contribution in [-0.2, 0) is 9.84 Å². The van der Waals surface area contributed by atoms with Crippen LogP contribution in [0.4, 0.5) is 5.69 Å². The molecule has 0 saturated carbocycles. The number of halogens is 1. The van der Waals surface area contributed by atoms with E-state index in [0.29, 0.717) is 5.69 Å². The van der Waals surface area contributed by atoms with Crippen molar-refractivity contribution < 1.29 is 13.2 Å². The molecule has 0 bridgehead atoms. The third-order valence-electron chi connectivity index (χ3n) is 2.96. The number of rotatable bonds is 4. The molecule has 1 amide bonds. The van der Waals surface area contributed by atoms with Crippen LogP contribution in [0.1, 0.15) is 10.4 Å². The lowest BCUT2D eigenvalue weighted by molar-refractivity contribution is 0.102. The molecule has 0 aliphatic rings. The topological polar surface area (TPSA) is 63.2 Å². The molecule has 116 valence electrons. The zero-order chi connectivity index (χ0) is 16.3. The van der Waals surface area contributed by atoms with Gasteiger partial charge in [0.25, 0.3) is 5.91 Å². The summed E-state index contributed by atoms with van der Waals surface area (Å²) in [7, 11) is -3.40. The number of nitrogens with one attached hydrogen (secondary N) is 1. The number of hydrogen-bond acceptors (Lipinski definition) is 4. The van der Waals surface area contributed by atoms with Crippen LogP contribution in [0.5, 0.6) is 0 Å². The highest BCUT2D eigenvalue weighted by Gasteiger charge is 2.15. The van der Waals surface area contributed by atoms with Crippen LogP contribution in [0.15, 0.2) is 52.3 Å². The first kappa shape index (κ1) is 16.9. The van der Waals surface area contributed by atoms with Gasteiger partial charge in [0.2, 0.25) is 0 Å². The van der Waals surface area contributed by atoms with E-state index in [1.807, 2.05) is 18.4 Å². The second kappa shape index (κ2) is 6.73. The van der Waals surface area contributed by atoms with Crippen molar-refractivity contribution in [3.63, 3.8) is 0 Å². The molecule has 0 aliphatic heterocycles. The molecule has 0 saturated heterocycles. The Labute approximate surface area is 138 Å². The molecule has 2 aromatic rings. The molecule has 0 spiro atoms. The summed E-state index contributed by atoms with van der Waals surface area (Å²) in [4.78, 5) is 13.4. The smallest absolute Gasteiger partial charge is 0.257 e. The Bertz CT molecular complexity index is 802. The van der Waals surface area contributed by atoms with Gasteiger partial charge in [-0.2, -0.15) is 0 Å². The Balaban J connectivity index is 2.28. The Kier molecular flexibility index (Phi) is 5.16. The lowest BCUT2D eigenvalue weighted by Gasteiger charge is -2.09. The molecule has 22 heavy (non-hydrogen) atoms. The number of amides is 1. The number of carbonyl (C=O) groups is 1. The average molecular weight is 356 g/mol. The van der Waals surface area contributed by atoms with Crippen molar-refractivity contribution in [3.05, 3.63) is 53.1 Å². The molecule has 7 heteroatoms. The fourth-order valence-corrected chi connectivity index (χ4v) is 3.04. The fourth-order valence-electron chi connectivity index (χ4n) is 1.78. The van der Waals surface area contributed by atoms with Gasteiger partial charge in [0.15, 0.2) is 9.84 Å². The van der Waals surface area contributed by atoms with E-state index in [9.17, 15) is 13.2 Å². The first-order valence-corrected chi connectivity index (χ1v) is 9.75. The molecular formula is C15H14ClNO3S2. The van der Waals surface area contributed by atoms with Crippen LogP contribution < -0.4 is 5.32 Å². The highest BCUT2D eigenvalue weighted by atomic mass is 35.5. The second-order valence-electron chi connectivity index (χ2n) is 4.60. The zero-order valence-electron chi connectivity index (χ0n) is 12.0. The molecule has 0 aromatic heterocycles. The van der Waals surface area contributed by atoms with Gasteiger partial charge in [0.1, 0.15) is 0 Å². The van der Waals surface area contributed by atoms with Crippen molar-refractivity contribution in [1.82, 2.24) is 0 Å². The first-order valence-electron chi connectivity index (χ1n) is 6.26. The molecule has 0 aliphatic carbocycles. The molecule has 4 nitrogen and oxygen atoms in total. The maximum atomic E-state index is 12.3. The molecule has 2 rings (SSSR count). The maximum Gasteiger partial charge on any atom is 0.257 e. The minimum absolute atomic E-state index is 0.0554. The number of thioether (sulfide) groups is 1. The van der Waals surface area contributed by atoms with E-state index in [2.05, 4.69) is 5.32 Å². The fraction of sp³-hybridized carbons (Fsp3) is 0.133. The van der Waals surface area contributed by atoms with E-state index in [-0.39, 0.29) is 15.5 Å². The van der Waals surface area contributed by atoms with Crippen molar-refractivity contribution in [2.24, 2.45) is 0 Å². The summed E-state index contributed by atoms with van der Waals surface area (Å²) in [5, 5.41) is 2.90. The van der Waals surface area contributed by atoms with Crippen molar-refractivity contribution >= 4 is 44.8 Å². The van der Waals surface area contributed by atoms with E-state index < -0.39 is 15.7 Å². The Morgan fingerprint density at radius 1 is 1.14 bits per heavy atom. The highest BCUT2D eigenvalue weighted by molar-refractivity contribution is 7.98. The quantitative estimate of drug-likeness (QED) is 0.849. The van der Waals surface area contributed by atoms with E-state index in [1.165, 1.54) is 18.2 Å². The van der Waals surface area contributed by atoms with Crippen LogP contribution in [0.3, 0.4) is 0 Å². The van der Waals surface area contributed by atoms with Crippen molar-refractivity contribution in [3.8, 4) is 0 Å². The molecule has 0 fully saturated rings. The van der Waals surface area contributed by atoms with Crippen LogP contribution in [0, 0.1) is 0 Å². The van der Waals surface area contributed by atoms with Gasteiger partial charge in [0, 0.05) is 16.8 Å². The van der Waals surface area contributed by atoms with E-state index in [4.69, 9.17) is 11.6 Å². The number of hydrogen-bond donors (Lipinski definition) is 1. The third kappa shape index (κ3) is 4.03. The number of carbonyl (C=O) groups excluding carboxylic acids is 1. The predicted molar refractivity (Wildman–Crippen MR) is 90.7 cm³/mol. The van der Waals surface area contributed by atoms with E-state index in [1.54, 1.807) is 23.9 Å². The Morgan fingerprint density at radius 3 is 2.32 bits per heavy atom. The largest absolute Gasteiger partial charge is 0.322 e. The lowest BCUT2D eigenvalue weighted by atomic mass is 10.2. The normalized spacial score (nSPS) is 11.2. The summed E-state index contributed by atoms with van der Waals surface area (Å²) in [6.45, 7) is 0. The van der Waals surface area contributed by atoms with Crippen molar-refractivity contribution in [2.45, 2.75) is 9.79 Å². The summed E-state index contributed by atoms with van der Waals surface area (Å²) < 4.78 is 23.1. The van der Waals surface area contributed by atoms with Crippen LogP contribution in [0.2, 0.25) is 5.02 Å². The number of benzene rings is 2. The summed E-state index contributed by atoms with van der Waals surface area (Å²) >= 11 is 7.60. The van der Waals surface area contributed by atoms with Gasteiger partial charge in [-0.1, -0.05) is 11.6 Å². The standard InChI is InChI=1S/C15H14ClNO3S2/c1-21-11-5-3-10(4-6-11)17-15(18)13-9-12(22(2,19)20)7-8-14(13)16/h3-9H,1-2H3,(H,17,18). The molecular weight excluding hydrogens is 342 g/mol. The van der Waals surface area contributed by atoms with Crippen LogP contribution >= 0.6 is 23.4 Å². The minimum Gasteiger partial charge on any atom is -0.322 e. The molecule has 0 unspecified atom stereocenters. The molecule has 0 radical (unpaired) electrons. The summed E-state index contributed by atoms with van der Waals surface area (Å²) in [6, 6.07) is 11.4. The molecule has 0 heterocycles. The van der Waals surface area contributed by atoms with Gasteiger partial charge in [-0.15, -0.1) is 11.8 Å². The Morgan fingerprint density at radius 2 is 1.77 bits per heavy atom. The SMILES string of the molecule is CSc1ccc(NC(=O)c2cc(S(C)(=O)=O)ccc2Cl)cc1. The molecule has 2 aromatic carbocycles.